The summed E-state index contributed by atoms with van der Waals surface area (Å²) in [5.74, 6) is -1.99. The van der Waals surface area contributed by atoms with E-state index in [0.29, 0.717) is 0 Å². The van der Waals surface area contributed by atoms with Gasteiger partial charge < -0.3 is 9.64 Å². The average Bonchev–Trinajstić information content (AvgIpc) is 3.29. The topological polar surface area (TPSA) is 95.6 Å². The van der Waals surface area contributed by atoms with Crippen molar-refractivity contribution in [3.63, 3.8) is 0 Å². The van der Waals surface area contributed by atoms with Crippen LogP contribution in [0.25, 0.3) is 0 Å². The van der Waals surface area contributed by atoms with Gasteiger partial charge in [0.05, 0.1) is 36.5 Å². The van der Waals surface area contributed by atoms with E-state index in [-0.39, 0.29) is 44.0 Å². The number of rotatable bonds is 10. The predicted octanol–water partition coefficient (Wildman–Crippen LogP) is 2.19. The van der Waals surface area contributed by atoms with Gasteiger partial charge in [0.15, 0.2) is 0 Å². The summed E-state index contributed by atoms with van der Waals surface area (Å²) in [5.41, 5.74) is 0.158. The van der Waals surface area contributed by atoms with E-state index >= 15 is 0 Å². The van der Waals surface area contributed by atoms with E-state index in [1.54, 1.807) is 13.1 Å². The Balaban J connectivity index is 1.86. The molecule has 0 spiro atoms. The van der Waals surface area contributed by atoms with Crippen molar-refractivity contribution in [1.82, 2.24) is 20.0 Å². The van der Waals surface area contributed by atoms with Crippen LogP contribution >= 0.6 is 0 Å². The summed E-state index contributed by atoms with van der Waals surface area (Å²) < 4.78 is 19.8. The third-order valence-corrected chi connectivity index (χ3v) is 5.79. The first-order valence-electron chi connectivity index (χ1n) is 10.7. The van der Waals surface area contributed by atoms with Gasteiger partial charge in [0.25, 0.3) is 0 Å². The Hall–Kier alpha value is -3.07. The van der Waals surface area contributed by atoms with Crippen molar-refractivity contribution in [3.8, 4) is 0 Å². The molecule has 8 nitrogen and oxygen atoms in total. The summed E-state index contributed by atoms with van der Waals surface area (Å²) in [4.78, 5) is 41.8. The van der Waals surface area contributed by atoms with Gasteiger partial charge in [-0.2, -0.15) is 5.10 Å². The molecule has 2 aromatic rings. The van der Waals surface area contributed by atoms with Crippen molar-refractivity contribution in [2.75, 3.05) is 27.3 Å². The lowest BCUT2D eigenvalue weighted by molar-refractivity contribution is -0.143. The fourth-order valence-corrected chi connectivity index (χ4v) is 4.11. The van der Waals surface area contributed by atoms with Crippen molar-refractivity contribution >= 4 is 17.7 Å². The van der Waals surface area contributed by atoms with Crippen LogP contribution in [-0.4, -0.2) is 65.0 Å². The number of methoxy groups -OCH3 is 1. The number of hydrogen-bond acceptors (Lipinski definition) is 5. The highest BCUT2D eigenvalue weighted by atomic mass is 19.1. The Morgan fingerprint density at radius 3 is 2.78 bits per heavy atom. The van der Waals surface area contributed by atoms with E-state index in [9.17, 15) is 18.8 Å². The smallest absolute Gasteiger partial charge is 0.241 e. The number of aryl methyl sites for hydroxylation is 1. The average molecular weight is 445 g/mol. The molecule has 0 bridgehead atoms. The third-order valence-electron chi connectivity index (χ3n) is 5.79. The maximum atomic E-state index is 14.8. The quantitative estimate of drug-likeness (QED) is 0.567. The molecule has 0 radical (unpaired) electrons. The second kappa shape index (κ2) is 10.0. The summed E-state index contributed by atoms with van der Waals surface area (Å²) in [7, 11) is 3.08. The van der Waals surface area contributed by atoms with Gasteiger partial charge in [-0.05, 0) is 18.6 Å². The Labute approximate surface area is 186 Å². The number of ether oxygens (including phenoxy) is 1. The Morgan fingerprint density at radius 2 is 2.09 bits per heavy atom. The summed E-state index contributed by atoms with van der Waals surface area (Å²) in [6, 6.07) is 7.72. The normalized spacial score (nSPS) is 18.4. The number of aromatic amines is 1. The molecule has 1 N–H and O–H groups in total. The summed E-state index contributed by atoms with van der Waals surface area (Å²) in [6.07, 6.45) is 1.22. The third kappa shape index (κ3) is 4.72. The lowest BCUT2D eigenvalue weighted by Gasteiger charge is -2.29. The second-order valence-corrected chi connectivity index (χ2v) is 8.14. The maximum Gasteiger partial charge on any atom is 0.241 e. The molecule has 1 aliphatic heterocycles. The zero-order valence-corrected chi connectivity index (χ0v) is 18.7. The number of carbonyl (C=O) groups is 3. The van der Waals surface area contributed by atoms with Crippen LogP contribution in [-0.2, 0) is 37.5 Å². The molecule has 3 amide bonds. The minimum absolute atomic E-state index is 0.0583. The van der Waals surface area contributed by atoms with E-state index in [2.05, 4.69) is 17.1 Å². The molecule has 0 aliphatic carbocycles. The van der Waals surface area contributed by atoms with E-state index in [0.717, 1.165) is 29.1 Å². The largest absolute Gasteiger partial charge is 0.383 e. The molecular weight excluding hydrogens is 415 g/mol. The lowest BCUT2D eigenvalue weighted by Crippen LogP contribution is -2.43. The molecule has 1 unspecified atom stereocenters. The summed E-state index contributed by atoms with van der Waals surface area (Å²) >= 11 is 0. The first-order valence-corrected chi connectivity index (χ1v) is 10.7. The Bertz CT molecular complexity index is 992. The number of hydrogen-bond donors (Lipinski definition) is 1. The number of halogens is 1. The molecule has 1 atom stereocenters. The van der Waals surface area contributed by atoms with Crippen molar-refractivity contribution in [3.05, 3.63) is 53.1 Å². The number of imide groups is 1. The van der Waals surface area contributed by atoms with Crippen LogP contribution in [0.15, 0.2) is 30.3 Å². The lowest BCUT2D eigenvalue weighted by atomic mass is 9.75. The SMILES string of the molecule is CCCc1cc(CN(C)C(=O)CC2(c3ccccc3F)CC(=O)N(CCOC)C2=O)[nH]n1. The molecule has 1 aromatic heterocycles. The molecule has 2 heterocycles. The van der Waals surface area contributed by atoms with Gasteiger partial charge in [-0.3, -0.25) is 24.4 Å². The molecule has 0 saturated carbocycles. The number of carbonyl (C=O) groups excluding carboxylic acids is 3. The molecule has 1 saturated heterocycles. The number of nitrogens with zero attached hydrogens (tertiary/aromatic N) is 3. The van der Waals surface area contributed by atoms with Crippen LogP contribution in [0, 0.1) is 5.82 Å². The zero-order valence-electron chi connectivity index (χ0n) is 18.7. The van der Waals surface area contributed by atoms with Crippen LogP contribution in [0.2, 0.25) is 0 Å². The van der Waals surface area contributed by atoms with Gasteiger partial charge in [0, 0.05) is 32.6 Å². The fraction of sp³-hybridized carbons (Fsp3) is 0.478. The van der Waals surface area contributed by atoms with Gasteiger partial charge in [0.1, 0.15) is 5.82 Å². The second-order valence-electron chi connectivity index (χ2n) is 8.14. The van der Waals surface area contributed by atoms with Crippen LogP contribution in [0.5, 0.6) is 0 Å². The number of aromatic nitrogens is 2. The van der Waals surface area contributed by atoms with E-state index < -0.39 is 23.0 Å². The first-order chi connectivity index (χ1) is 15.3. The van der Waals surface area contributed by atoms with Crippen LogP contribution in [0.4, 0.5) is 4.39 Å². The van der Waals surface area contributed by atoms with Gasteiger partial charge in [-0.25, -0.2) is 4.39 Å². The van der Waals surface area contributed by atoms with E-state index in [4.69, 9.17) is 4.74 Å². The Kier molecular flexibility index (Phi) is 7.40. The molecule has 3 rings (SSSR count). The number of likely N-dealkylation sites (tertiary alicyclic amines) is 1. The van der Waals surface area contributed by atoms with Crippen LogP contribution in [0.3, 0.4) is 0 Å². The van der Waals surface area contributed by atoms with Gasteiger partial charge in [-0.1, -0.05) is 31.5 Å². The minimum Gasteiger partial charge on any atom is -0.383 e. The molecule has 1 fully saturated rings. The number of H-pyrrole nitrogens is 1. The number of nitrogens with one attached hydrogen (secondary N) is 1. The van der Waals surface area contributed by atoms with Gasteiger partial charge in [0.2, 0.25) is 17.7 Å². The molecule has 172 valence electrons. The molecular formula is C23H29FN4O4. The van der Waals surface area contributed by atoms with Crippen molar-refractivity contribution < 1.29 is 23.5 Å². The van der Waals surface area contributed by atoms with Gasteiger partial charge in [-0.15, -0.1) is 0 Å². The predicted molar refractivity (Wildman–Crippen MR) is 115 cm³/mol. The van der Waals surface area contributed by atoms with Gasteiger partial charge >= 0.3 is 0 Å². The fourth-order valence-electron chi connectivity index (χ4n) is 4.11. The zero-order chi connectivity index (χ0) is 23.3. The Morgan fingerprint density at radius 1 is 1.34 bits per heavy atom. The number of benzene rings is 1. The van der Waals surface area contributed by atoms with Crippen molar-refractivity contribution in [2.24, 2.45) is 0 Å². The standard InChI is InChI=1S/C23H29FN4O4/c1-4-7-16-12-17(26-25-16)15-27(2)20(29)13-23(18-8-5-6-9-19(18)24)14-21(30)28(22(23)31)10-11-32-3/h5-6,8-9,12H,4,7,10-11,13-15H2,1-3H3,(H,25,26). The van der Waals surface area contributed by atoms with Crippen LogP contribution in [0.1, 0.15) is 43.1 Å². The van der Waals surface area contributed by atoms with Crippen molar-refractivity contribution in [1.29, 1.82) is 0 Å². The molecule has 32 heavy (non-hydrogen) atoms. The molecule has 1 aromatic carbocycles. The van der Waals surface area contributed by atoms with Crippen LogP contribution < -0.4 is 0 Å². The van der Waals surface area contributed by atoms with E-state index in [1.165, 1.54) is 30.2 Å². The highest BCUT2D eigenvalue weighted by Crippen LogP contribution is 2.41. The highest BCUT2D eigenvalue weighted by molar-refractivity contribution is 6.10. The first kappa shape index (κ1) is 23.6. The van der Waals surface area contributed by atoms with Crippen molar-refractivity contribution in [2.45, 2.75) is 44.6 Å². The number of amides is 3. The minimum atomic E-state index is -1.58. The van der Waals surface area contributed by atoms with E-state index in [1.807, 2.05) is 6.07 Å². The maximum absolute atomic E-state index is 14.8. The monoisotopic (exact) mass is 444 g/mol. The highest BCUT2D eigenvalue weighted by Gasteiger charge is 2.54. The summed E-state index contributed by atoms with van der Waals surface area (Å²) in [6.45, 7) is 2.54. The summed E-state index contributed by atoms with van der Waals surface area (Å²) in [5, 5.41) is 7.14. The molecule has 1 aliphatic rings. The molecule has 9 heteroatoms.